The number of hydrogen-bond acceptors (Lipinski definition) is 5. The fraction of sp³-hybridized carbons (Fsp3) is 0.417. The SMILES string of the molecule is CC(CO)CNC(=O)c1cnc(-c2cnn(C)c2)s1. The third kappa shape index (κ3) is 3.39. The third-order valence-electron chi connectivity index (χ3n) is 2.60. The molecule has 0 fully saturated rings. The van der Waals surface area contributed by atoms with E-state index in [1.165, 1.54) is 11.3 Å². The quantitative estimate of drug-likeness (QED) is 0.853. The van der Waals surface area contributed by atoms with E-state index in [0.29, 0.717) is 11.4 Å². The molecule has 0 aliphatic carbocycles. The molecule has 0 saturated heterocycles. The van der Waals surface area contributed by atoms with Gasteiger partial charge in [0.15, 0.2) is 0 Å². The standard InChI is InChI=1S/C12H16N4O2S/c1-8(7-17)3-13-11(18)10-5-14-12(19-10)9-4-15-16(2)6-9/h4-6,8,17H,3,7H2,1-2H3,(H,13,18). The molecule has 0 aliphatic rings. The molecule has 102 valence electrons. The first-order valence-corrected chi connectivity index (χ1v) is 6.75. The number of rotatable bonds is 5. The Morgan fingerprint density at radius 2 is 2.37 bits per heavy atom. The highest BCUT2D eigenvalue weighted by molar-refractivity contribution is 7.16. The van der Waals surface area contributed by atoms with Crippen LogP contribution in [0.5, 0.6) is 0 Å². The summed E-state index contributed by atoms with van der Waals surface area (Å²) in [5.74, 6) is -0.109. The van der Waals surface area contributed by atoms with Gasteiger partial charge in [-0.25, -0.2) is 4.98 Å². The largest absolute Gasteiger partial charge is 0.396 e. The van der Waals surface area contributed by atoms with Crippen LogP contribution in [0.25, 0.3) is 10.6 Å². The lowest BCUT2D eigenvalue weighted by molar-refractivity contribution is 0.0946. The van der Waals surface area contributed by atoms with Gasteiger partial charge in [0.1, 0.15) is 9.88 Å². The van der Waals surface area contributed by atoms with Gasteiger partial charge in [0.25, 0.3) is 5.91 Å². The van der Waals surface area contributed by atoms with Gasteiger partial charge in [-0.15, -0.1) is 11.3 Å². The first kappa shape index (κ1) is 13.7. The van der Waals surface area contributed by atoms with Crippen molar-refractivity contribution >= 4 is 17.2 Å². The normalized spacial score (nSPS) is 12.4. The first-order valence-electron chi connectivity index (χ1n) is 5.94. The number of amides is 1. The predicted octanol–water partition coefficient (Wildman–Crippen LogP) is 0.902. The van der Waals surface area contributed by atoms with Crippen molar-refractivity contribution in [1.29, 1.82) is 0 Å². The maximum absolute atomic E-state index is 11.9. The lowest BCUT2D eigenvalue weighted by atomic mass is 10.2. The Hall–Kier alpha value is -1.73. The van der Waals surface area contributed by atoms with Gasteiger partial charge in [-0.05, 0) is 5.92 Å². The summed E-state index contributed by atoms with van der Waals surface area (Å²) in [5.41, 5.74) is 0.898. The molecule has 0 saturated carbocycles. The van der Waals surface area contributed by atoms with E-state index in [2.05, 4.69) is 15.4 Å². The van der Waals surface area contributed by atoms with Crippen LogP contribution in [-0.4, -0.2) is 38.9 Å². The molecule has 0 bridgehead atoms. The van der Waals surface area contributed by atoms with Gasteiger partial charge in [-0.2, -0.15) is 5.10 Å². The summed E-state index contributed by atoms with van der Waals surface area (Å²) in [6, 6.07) is 0. The van der Waals surface area contributed by atoms with Crippen LogP contribution in [-0.2, 0) is 7.05 Å². The highest BCUT2D eigenvalue weighted by atomic mass is 32.1. The first-order chi connectivity index (χ1) is 9.10. The maximum Gasteiger partial charge on any atom is 0.263 e. The molecule has 2 heterocycles. The monoisotopic (exact) mass is 280 g/mol. The summed E-state index contributed by atoms with van der Waals surface area (Å²) < 4.78 is 1.69. The van der Waals surface area contributed by atoms with E-state index in [1.54, 1.807) is 17.1 Å². The summed E-state index contributed by atoms with van der Waals surface area (Å²) in [7, 11) is 1.83. The molecule has 2 N–H and O–H groups in total. The lowest BCUT2D eigenvalue weighted by Crippen LogP contribution is -2.28. The topological polar surface area (TPSA) is 80.0 Å². The number of aliphatic hydroxyl groups excluding tert-OH is 1. The Bertz CT molecular complexity index is 564. The molecule has 0 spiro atoms. The number of thiazole rings is 1. The Labute approximate surface area is 115 Å². The van der Waals surface area contributed by atoms with Gasteiger partial charge in [-0.1, -0.05) is 6.92 Å². The van der Waals surface area contributed by atoms with Gasteiger partial charge in [-0.3, -0.25) is 9.48 Å². The summed E-state index contributed by atoms with van der Waals surface area (Å²) in [4.78, 5) is 16.7. The van der Waals surface area contributed by atoms with Crippen LogP contribution in [0, 0.1) is 5.92 Å². The van der Waals surface area contributed by atoms with E-state index in [1.807, 2.05) is 20.2 Å². The molecule has 1 unspecified atom stereocenters. The van der Waals surface area contributed by atoms with Crippen molar-refractivity contribution in [3.05, 3.63) is 23.5 Å². The van der Waals surface area contributed by atoms with Crippen LogP contribution in [0.2, 0.25) is 0 Å². The number of carbonyl (C=O) groups excluding carboxylic acids is 1. The number of aromatic nitrogens is 3. The van der Waals surface area contributed by atoms with Crippen LogP contribution in [0.15, 0.2) is 18.6 Å². The summed E-state index contributed by atoms with van der Waals surface area (Å²) >= 11 is 1.33. The molecule has 2 aromatic rings. The van der Waals surface area contributed by atoms with Crippen LogP contribution in [0.4, 0.5) is 0 Å². The Balaban J connectivity index is 2.02. The minimum atomic E-state index is -0.159. The molecule has 7 heteroatoms. The van der Waals surface area contributed by atoms with Gasteiger partial charge in [0.05, 0.1) is 12.4 Å². The van der Waals surface area contributed by atoms with Gasteiger partial charge in [0.2, 0.25) is 0 Å². The fourth-order valence-corrected chi connectivity index (χ4v) is 2.27. The molecule has 0 radical (unpaired) electrons. The van der Waals surface area contributed by atoms with Crippen molar-refractivity contribution in [3.8, 4) is 10.6 Å². The number of carbonyl (C=O) groups is 1. The van der Waals surface area contributed by atoms with E-state index in [4.69, 9.17) is 5.11 Å². The second-order valence-corrected chi connectivity index (χ2v) is 5.46. The molecule has 0 aromatic carbocycles. The average Bonchev–Trinajstić information content (AvgIpc) is 3.03. The van der Waals surface area contributed by atoms with Crippen LogP contribution < -0.4 is 5.32 Å². The zero-order valence-corrected chi connectivity index (χ0v) is 11.6. The molecule has 1 atom stereocenters. The smallest absolute Gasteiger partial charge is 0.263 e. The Morgan fingerprint density at radius 1 is 1.58 bits per heavy atom. The molecule has 1 amide bonds. The van der Waals surface area contributed by atoms with E-state index < -0.39 is 0 Å². The Morgan fingerprint density at radius 3 is 3.00 bits per heavy atom. The zero-order valence-electron chi connectivity index (χ0n) is 10.8. The summed E-state index contributed by atoms with van der Waals surface area (Å²) in [6.45, 7) is 2.38. The molecule has 19 heavy (non-hydrogen) atoms. The van der Waals surface area contributed by atoms with Crippen molar-refractivity contribution in [1.82, 2.24) is 20.1 Å². The van der Waals surface area contributed by atoms with Gasteiger partial charge < -0.3 is 10.4 Å². The summed E-state index contributed by atoms with van der Waals surface area (Å²) in [6.07, 6.45) is 5.13. The second kappa shape index (κ2) is 5.94. The number of nitrogens with one attached hydrogen (secondary N) is 1. The van der Waals surface area contributed by atoms with E-state index in [9.17, 15) is 4.79 Å². The van der Waals surface area contributed by atoms with Gasteiger partial charge in [0, 0.05) is 32.0 Å². The predicted molar refractivity (Wildman–Crippen MR) is 72.9 cm³/mol. The van der Waals surface area contributed by atoms with Crippen molar-refractivity contribution in [2.24, 2.45) is 13.0 Å². The lowest BCUT2D eigenvalue weighted by Gasteiger charge is -2.07. The molecule has 6 nitrogen and oxygen atoms in total. The van der Waals surface area contributed by atoms with Crippen molar-refractivity contribution < 1.29 is 9.90 Å². The minimum Gasteiger partial charge on any atom is -0.396 e. The second-order valence-electron chi connectivity index (χ2n) is 4.43. The van der Waals surface area contributed by atoms with E-state index >= 15 is 0 Å². The number of aliphatic hydroxyl groups is 1. The van der Waals surface area contributed by atoms with Crippen molar-refractivity contribution in [2.75, 3.05) is 13.2 Å². The number of hydrogen-bond donors (Lipinski definition) is 2. The van der Waals surface area contributed by atoms with Crippen molar-refractivity contribution in [3.63, 3.8) is 0 Å². The third-order valence-corrected chi connectivity index (χ3v) is 3.65. The van der Waals surface area contributed by atoms with E-state index in [0.717, 1.165) is 10.6 Å². The molecule has 2 aromatic heterocycles. The molecular weight excluding hydrogens is 264 g/mol. The fourth-order valence-electron chi connectivity index (χ4n) is 1.46. The maximum atomic E-state index is 11.9. The van der Waals surface area contributed by atoms with Crippen LogP contribution >= 0.6 is 11.3 Å². The van der Waals surface area contributed by atoms with E-state index in [-0.39, 0.29) is 18.4 Å². The van der Waals surface area contributed by atoms with Crippen LogP contribution in [0.3, 0.4) is 0 Å². The highest BCUT2D eigenvalue weighted by Crippen LogP contribution is 2.24. The van der Waals surface area contributed by atoms with Crippen LogP contribution in [0.1, 0.15) is 16.6 Å². The Kier molecular flexibility index (Phi) is 4.28. The molecule has 0 aliphatic heterocycles. The zero-order chi connectivity index (χ0) is 13.8. The van der Waals surface area contributed by atoms with Crippen molar-refractivity contribution in [2.45, 2.75) is 6.92 Å². The average molecular weight is 280 g/mol. The summed E-state index contributed by atoms with van der Waals surface area (Å²) in [5, 5.41) is 16.5. The van der Waals surface area contributed by atoms with Gasteiger partial charge >= 0.3 is 0 Å². The highest BCUT2D eigenvalue weighted by Gasteiger charge is 2.13. The number of aryl methyl sites for hydroxylation is 1. The minimum absolute atomic E-state index is 0.0506. The molecule has 2 rings (SSSR count). The number of nitrogens with zero attached hydrogens (tertiary/aromatic N) is 3. The molecular formula is C12H16N4O2S.